The monoisotopic (exact) mass is 311 g/mol. The second-order valence-corrected chi connectivity index (χ2v) is 6.29. The summed E-state index contributed by atoms with van der Waals surface area (Å²) >= 11 is 0. The predicted molar refractivity (Wildman–Crippen MR) is 91.3 cm³/mol. The number of anilines is 2. The molecule has 0 spiro atoms. The molecule has 2 heterocycles. The molecule has 3 rings (SSSR count). The molecule has 1 amide bonds. The molecule has 5 heteroatoms. The largest absolute Gasteiger partial charge is 0.378 e. The minimum absolute atomic E-state index is 0.00369. The van der Waals surface area contributed by atoms with E-state index in [1.807, 2.05) is 48.9 Å². The van der Waals surface area contributed by atoms with Crippen molar-refractivity contribution in [1.82, 2.24) is 4.57 Å². The highest BCUT2D eigenvalue weighted by molar-refractivity contribution is 5.97. The van der Waals surface area contributed by atoms with E-state index >= 15 is 0 Å². The van der Waals surface area contributed by atoms with E-state index in [-0.39, 0.29) is 17.6 Å². The van der Waals surface area contributed by atoms with Crippen LogP contribution in [0.3, 0.4) is 0 Å². The van der Waals surface area contributed by atoms with Gasteiger partial charge in [-0.2, -0.15) is 0 Å². The molecule has 1 N–H and O–H groups in total. The van der Waals surface area contributed by atoms with Gasteiger partial charge in [-0.3, -0.25) is 9.59 Å². The highest BCUT2D eigenvalue weighted by Gasteiger charge is 2.29. The van der Waals surface area contributed by atoms with E-state index < -0.39 is 0 Å². The fourth-order valence-electron chi connectivity index (χ4n) is 3.12. The summed E-state index contributed by atoms with van der Waals surface area (Å²) in [7, 11) is 5.86. The second-order valence-electron chi connectivity index (χ2n) is 6.29. The van der Waals surface area contributed by atoms with Crippen molar-refractivity contribution in [3.05, 3.63) is 47.3 Å². The van der Waals surface area contributed by atoms with Gasteiger partial charge in [0.2, 0.25) is 5.91 Å². The van der Waals surface area contributed by atoms with Crippen molar-refractivity contribution < 1.29 is 9.59 Å². The Morgan fingerprint density at radius 2 is 2.04 bits per heavy atom. The standard InChI is InChI=1S/C18H21N3O2/c1-11(22)12-7-17(21(4)10-12)15-9-18(23)19-16-8-13(20(2)3)5-6-14(15)16/h5-8,10,15H,9H2,1-4H3,(H,19,23). The molecule has 5 nitrogen and oxygen atoms in total. The van der Waals surface area contributed by atoms with Crippen molar-refractivity contribution in [1.29, 1.82) is 0 Å². The zero-order valence-electron chi connectivity index (χ0n) is 13.9. The van der Waals surface area contributed by atoms with Crippen molar-refractivity contribution >= 4 is 23.1 Å². The molecule has 0 aliphatic carbocycles. The second kappa shape index (κ2) is 5.57. The van der Waals surface area contributed by atoms with Gasteiger partial charge >= 0.3 is 0 Å². The van der Waals surface area contributed by atoms with Crippen molar-refractivity contribution in [3.8, 4) is 0 Å². The maximum absolute atomic E-state index is 12.1. The Hall–Kier alpha value is -2.56. The van der Waals surface area contributed by atoms with E-state index in [9.17, 15) is 9.59 Å². The molecule has 0 saturated carbocycles. The lowest BCUT2D eigenvalue weighted by atomic mass is 9.87. The van der Waals surface area contributed by atoms with E-state index in [4.69, 9.17) is 0 Å². The average molecular weight is 311 g/mol. The fourth-order valence-corrected chi connectivity index (χ4v) is 3.12. The zero-order chi connectivity index (χ0) is 16.7. The predicted octanol–water partition coefficient (Wildman–Crippen LogP) is 2.77. The number of ketones is 1. The highest BCUT2D eigenvalue weighted by atomic mass is 16.1. The van der Waals surface area contributed by atoms with Crippen LogP contribution in [-0.2, 0) is 11.8 Å². The Labute approximate surface area is 135 Å². The molecule has 0 saturated heterocycles. The van der Waals surface area contributed by atoms with Gasteiger partial charge in [0.25, 0.3) is 0 Å². The first-order chi connectivity index (χ1) is 10.9. The van der Waals surface area contributed by atoms with E-state index in [1.54, 1.807) is 6.92 Å². The van der Waals surface area contributed by atoms with Crippen molar-refractivity contribution in [2.24, 2.45) is 7.05 Å². The molecule has 1 aliphatic rings. The first-order valence-corrected chi connectivity index (χ1v) is 7.65. The number of rotatable bonds is 3. The van der Waals surface area contributed by atoms with Gasteiger partial charge < -0.3 is 14.8 Å². The van der Waals surface area contributed by atoms with E-state index in [0.717, 1.165) is 22.6 Å². The Morgan fingerprint density at radius 1 is 1.30 bits per heavy atom. The quantitative estimate of drug-likeness (QED) is 0.887. The topological polar surface area (TPSA) is 54.3 Å². The maximum Gasteiger partial charge on any atom is 0.225 e. The lowest BCUT2D eigenvalue weighted by Crippen LogP contribution is -2.25. The molecule has 1 aliphatic heterocycles. The number of carbonyl (C=O) groups excluding carboxylic acids is 2. The SMILES string of the molecule is CC(=O)c1cc(C2CC(=O)Nc3cc(N(C)C)ccc32)n(C)c1. The Kier molecular flexibility index (Phi) is 3.72. The van der Waals surface area contributed by atoms with E-state index in [2.05, 4.69) is 17.4 Å². The summed E-state index contributed by atoms with van der Waals surface area (Å²) in [5.74, 6) is 0.00679. The molecule has 1 aromatic heterocycles. The van der Waals surface area contributed by atoms with Crippen LogP contribution in [0, 0.1) is 0 Å². The average Bonchev–Trinajstić information content (AvgIpc) is 2.87. The molecule has 23 heavy (non-hydrogen) atoms. The summed E-state index contributed by atoms with van der Waals surface area (Å²) in [6, 6.07) is 8.01. The number of Topliss-reactive ketones (excluding diaryl/α,β-unsaturated/α-hetero) is 1. The van der Waals surface area contributed by atoms with Crippen molar-refractivity contribution in [2.45, 2.75) is 19.3 Å². The minimum atomic E-state index is -0.0342. The summed E-state index contributed by atoms with van der Waals surface area (Å²) in [5, 5.41) is 2.96. The number of aromatic nitrogens is 1. The molecule has 1 aromatic carbocycles. The minimum Gasteiger partial charge on any atom is -0.378 e. The third-order valence-corrected chi connectivity index (χ3v) is 4.40. The molecule has 1 atom stereocenters. The van der Waals surface area contributed by atoms with Gasteiger partial charge in [-0.15, -0.1) is 0 Å². The van der Waals surface area contributed by atoms with Crippen LogP contribution in [-0.4, -0.2) is 30.4 Å². The summed E-state index contributed by atoms with van der Waals surface area (Å²) < 4.78 is 1.95. The number of hydrogen-bond donors (Lipinski definition) is 1. The van der Waals surface area contributed by atoms with Crippen LogP contribution in [0.25, 0.3) is 0 Å². The normalized spacial score (nSPS) is 16.7. The number of fused-ring (bicyclic) bond motifs is 1. The number of nitrogens with zero attached hydrogens (tertiary/aromatic N) is 2. The molecule has 120 valence electrons. The third kappa shape index (κ3) is 2.74. The highest BCUT2D eigenvalue weighted by Crippen LogP contribution is 2.39. The maximum atomic E-state index is 12.1. The molecular formula is C18H21N3O2. The van der Waals surface area contributed by atoms with Crippen molar-refractivity contribution in [3.63, 3.8) is 0 Å². The van der Waals surface area contributed by atoms with Crippen LogP contribution in [0.5, 0.6) is 0 Å². The van der Waals surface area contributed by atoms with Crippen LogP contribution in [0.4, 0.5) is 11.4 Å². The van der Waals surface area contributed by atoms with Gasteiger partial charge in [0.05, 0.1) is 0 Å². The summed E-state index contributed by atoms with van der Waals surface area (Å²) in [6.45, 7) is 1.56. The fraction of sp³-hybridized carbons (Fsp3) is 0.333. The van der Waals surface area contributed by atoms with Crippen LogP contribution >= 0.6 is 0 Å². The van der Waals surface area contributed by atoms with E-state index in [0.29, 0.717) is 12.0 Å². The number of aryl methyl sites for hydroxylation is 1. The Balaban J connectivity index is 2.09. The molecule has 2 aromatic rings. The van der Waals surface area contributed by atoms with Gasteiger partial charge in [0, 0.05) is 62.3 Å². The van der Waals surface area contributed by atoms with Crippen LogP contribution in [0.15, 0.2) is 30.5 Å². The molecule has 1 unspecified atom stereocenters. The smallest absolute Gasteiger partial charge is 0.225 e. The Bertz CT molecular complexity index is 790. The van der Waals surface area contributed by atoms with Gasteiger partial charge in [-0.05, 0) is 30.7 Å². The third-order valence-electron chi connectivity index (χ3n) is 4.40. The summed E-state index contributed by atoms with van der Waals surface area (Å²) in [4.78, 5) is 25.8. The number of carbonyl (C=O) groups is 2. The molecular weight excluding hydrogens is 290 g/mol. The first kappa shape index (κ1) is 15.3. The van der Waals surface area contributed by atoms with Gasteiger partial charge in [0.15, 0.2) is 5.78 Å². The van der Waals surface area contributed by atoms with Gasteiger partial charge in [0.1, 0.15) is 0 Å². The zero-order valence-corrected chi connectivity index (χ0v) is 13.9. The van der Waals surface area contributed by atoms with E-state index in [1.165, 1.54) is 0 Å². The van der Waals surface area contributed by atoms with Gasteiger partial charge in [-0.1, -0.05) is 6.07 Å². The first-order valence-electron chi connectivity index (χ1n) is 7.65. The molecule has 0 radical (unpaired) electrons. The number of hydrogen-bond acceptors (Lipinski definition) is 3. The van der Waals surface area contributed by atoms with Crippen molar-refractivity contribution in [2.75, 3.05) is 24.3 Å². The molecule has 0 bridgehead atoms. The number of nitrogens with one attached hydrogen (secondary N) is 1. The van der Waals surface area contributed by atoms with Crippen LogP contribution in [0.2, 0.25) is 0 Å². The number of amides is 1. The lowest BCUT2D eigenvalue weighted by molar-refractivity contribution is -0.116. The molecule has 0 fully saturated rings. The van der Waals surface area contributed by atoms with Crippen LogP contribution in [0.1, 0.15) is 40.9 Å². The summed E-state index contributed by atoms with van der Waals surface area (Å²) in [5.41, 5.74) is 4.65. The van der Waals surface area contributed by atoms with Crippen LogP contribution < -0.4 is 10.2 Å². The summed E-state index contributed by atoms with van der Waals surface area (Å²) in [6.07, 6.45) is 2.22. The Morgan fingerprint density at radius 3 is 2.65 bits per heavy atom. The lowest BCUT2D eigenvalue weighted by Gasteiger charge is -2.27. The van der Waals surface area contributed by atoms with Gasteiger partial charge in [-0.25, -0.2) is 0 Å². The number of benzene rings is 1.